The van der Waals surface area contributed by atoms with Gasteiger partial charge in [-0.05, 0) is 19.1 Å². The highest BCUT2D eigenvalue weighted by Gasteiger charge is 2.05. The highest BCUT2D eigenvalue weighted by atomic mass is 32.1. The van der Waals surface area contributed by atoms with Crippen molar-refractivity contribution in [2.75, 3.05) is 0 Å². The third kappa shape index (κ3) is 0.874. The smallest absolute Gasteiger partial charge is 0.218 e. The minimum atomic E-state index is 0.896. The van der Waals surface area contributed by atoms with Crippen molar-refractivity contribution in [3.05, 3.63) is 24.2 Å². The van der Waals surface area contributed by atoms with E-state index in [-0.39, 0.29) is 0 Å². The van der Waals surface area contributed by atoms with Crippen LogP contribution in [-0.2, 0) is 0 Å². The Kier molecular flexibility index (Phi) is 1.21. The lowest BCUT2D eigenvalue weighted by molar-refractivity contribution is 1.11. The van der Waals surface area contributed by atoms with Crippen molar-refractivity contribution in [3.8, 4) is 0 Å². The van der Waals surface area contributed by atoms with Crippen LogP contribution < -0.4 is 0 Å². The lowest BCUT2D eigenvalue weighted by Gasteiger charge is -1.90. The van der Waals surface area contributed by atoms with Crippen LogP contribution in [0, 0.1) is 6.92 Å². The maximum absolute atomic E-state index is 4.42. The molecule has 3 rings (SSSR count). The molecule has 0 amide bonds. The Morgan fingerprint density at radius 3 is 3.23 bits per heavy atom. The number of rotatable bonds is 0. The van der Waals surface area contributed by atoms with Crippen LogP contribution in [0.5, 0.6) is 0 Å². The van der Waals surface area contributed by atoms with Gasteiger partial charge in [-0.3, -0.25) is 4.40 Å². The van der Waals surface area contributed by atoms with Gasteiger partial charge in [0.15, 0.2) is 0 Å². The zero-order chi connectivity index (χ0) is 8.84. The molecule has 5 heteroatoms. The summed E-state index contributed by atoms with van der Waals surface area (Å²) in [5.41, 5.74) is 2.11. The fourth-order valence-electron chi connectivity index (χ4n) is 1.33. The summed E-state index contributed by atoms with van der Waals surface area (Å²) < 4.78 is 1.95. The minimum absolute atomic E-state index is 0.896. The molecule has 4 nitrogen and oxygen atoms in total. The van der Waals surface area contributed by atoms with Gasteiger partial charge in [-0.2, -0.15) is 0 Å². The fourth-order valence-corrected chi connectivity index (χ4v) is 2.30. The molecule has 0 aliphatic rings. The van der Waals surface area contributed by atoms with Crippen molar-refractivity contribution in [1.29, 1.82) is 0 Å². The van der Waals surface area contributed by atoms with Gasteiger partial charge in [-0.1, -0.05) is 11.3 Å². The van der Waals surface area contributed by atoms with Gasteiger partial charge in [0.05, 0.1) is 5.52 Å². The molecule has 0 N–H and O–H groups in total. The molecule has 0 atom stereocenters. The van der Waals surface area contributed by atoms with E-state index in [0.717, 1.165) is 21.0 Å². The first-order valence-corrected chi connectivity index (χ1v) is 4.72. The summed E-state index contributed by atoms with van der Waals surface area (Å²) >= 11 is 1.56. The van der Waals surface area contributed by atoms with Crippen LogP contribution >= 0.6 is 11.3 Å². The van der Waals surface area contributed by atoms with Crippen molar-refractivity contribution in [2.45, 2.75) is 6.92 Å². The first kappa shape index (κ1) is 6.97. The molecule has 3 aromatic heterocycles. The molecule has 0 aliphatic heterocycles. The second-order valence-electron chi connectivity index (χ2n) is 2.86. The zero-order valence-corrected chi connectivity index (χ0v) is 7.75. The van der Waals surface area contributed by atoms with Gasteiger partial charge in [0.1, 0.15) is 11.2 Å². The van der Waals surface area contributed by atoms with Crippen molar-refractivity contribution in [3.63, 3.8) is 0 Å². The summed E-state index contributed by atoms with van der Waals surface area (Å²) in [6, 6.07) is 4.04. The third-order valence-electron chi connectivity index (χ3n) is 1.94. The Morgan fingerprint density at radius 2 is 2.31 bits per heavy atom. The van der Waals surface area contributed by atoms with E-state index in [2.05, 4.69) is 15.2 Å². The number of pyridine rings is 1. The average molecular weight is 190 g/mol. The first-order chi connectivity index (χ1) is 6.34. The highest BCUT2D eigenvalue weighted by Crippen LogP contribution is 2.22. The second kappa shape index (κ2) is 2.26. The van der Waals surface area contributed by atoms with Crippen LogP contribution in [-0.4, -0.2) is 19.6 Å². The maximum Gasteiger partial charge on any atom is 0.218 e. The zero-order valence-electron chi connectivity index (χ0n) is 6.93. The maximum atomic E-state index is 4.42. The predicted molar refractivity (Wildman–Crippen MR) is 50.9 cm³/mol. The van der Waals surface area contributed by atoms with Crippen LogP contribution in [0.1, 0.15) is 5.69 Å². The molecule has 3 heterocycles. The molecule has 0 aromatic carbocycles. The summed E-state index contributed by atoms with van der Waals surface area (Å²) in [4.78, 5) is 6.33. The summed E-state index contributed by atoms with van der Waals surface area (Å²) in [6.45, 7) is 1.99. The van der Waals surface area contributed by atoms with E-state index in [0.29, 0.717) is 0 Å². The topological polar surface area (TPSA) is 43.1 Å². The van der Waals surface area contributed by atoms with Gasteiger partial charge in [-0.25, -0.2) is 4.98 Å². The number of aryl methyl sites for hydroxylation is 1. The summed E-state index contributed by atoms with van der Waals surface area (Å²) in [6.07, 6.45) is 1.71. The third-order valence-corrected chi connectivity index (χ3v) is 2.90. The van der Waals surface area contributed by atoms with E-state index in [1.165, 1.54) is 0 Å². The van der Waals surface area contributed by atoms with Gasteiger partial charge in [0, 0.05) is 5.69 Å². The molecule has 0 fully saturated rings. The average Bonchev–Trinajstić information content (AvgIpc) is 2.62. The lowest BCUT2D eigenvalue weighted by Crippen LogP contribution is -1.81. The number of hydrogen-bond donors (Lipinski definition) is 0. The summed E-state index contributed by atoms with van der Waals surface area (Å²) in [7, 11) is 0. The van der Waals surface area contributed by atoms with Crippen LogP contribution in [0.4, 0.5) is 0 Å². The Balaban J connectivity index is 2.59. The van der Waals surface area contributed by atoms with E-state index >= 15 is 0 Å². The van der Waals surface area contributed by atoms with Crippen LogP contribution in [0.25, 0.3) is 15.3 Å². The van der Waals surface area contributed by atoms with E-state index in [1.54, 1.807) is 17.7 Å². The molecule has 3 aromatic rings. The second-order valence-corrected chi connectivity index (χ2v) is 3.82. The van der Waals surface area contributed by atoms with E-state index in [1.807, 2.05) is 23.5 Å². The predicted octanol–water partition coefficient (Wildman–Crippen LogP) is 1.65. The van der Waals surface area contributed by atoms with Crippen LogP contribution in [0.15, 0.2) is 18.5 Å². The lowest BCUT2D eigenvalue weighted by atomic mass is 10.4. The Labute approximate surface area is 77.9 Å². The molecular formula is C8H6N4S. The SMILES string of the molecule is Cc1ccc2c(n1)sc1nncn12. The van der Waals surface area contributed by atoms with E-state index in [4.69, 9.17) is 0 Å². The van der Waals surface area contributed by atoms with Gasteiger partial charge < -0.3 is 0 Å². The summed E-state index contributed by atoms with van der Waals surface area (Å²) in [5, 5.41) is 7.81. The molecule has 0 radical (unpaired) electrons. The number of hydrogen-bond acceptors (Lipinski definition) is 4. The Morgan fingerprint density at radius 1 is 1.38 bits per heavy atom. The van der Waals surface area contributed by atoms with Crippen molar-refractivity contribution < 1.29 is 0 Å². The monoisotopic (exact) mass is 190 g/mol. The molecule has 0 bridgehead atoms. The Bertz CT molecular complexity index is 580. The Hall–Kier alpha value is -1.49. The molecule has 64 valence electrons. The molecule has 0 saturated carbocycles. The number of thiazole rings is 1. The molecule has 0 unspecified atom stereocenters. The minimum Gasteiger partial charge on any atom is -0.270 e. The van der Waals surface area contributed by atoms with Gasteiger partial charge in [0.2, 0.25) is 4.96 Å². The highest BCUT2D eigenvalue weighted by molar-refractivity contribution is 7.23. The van der Waals surface area contributed by atoms with Gasteiger partial charge in [-0.15, -0.1) is 10.2 Å². The number of nitrogens with zero attached hydrogens (tertiary/aromatic N) is 4. The normalized spacial score (nSPS) is 11.5. The molecule has 0 aliphatic carbocycles. The van der Waals surface area contributed by atoms with Crippen LogP contribution in [0.2, 0.25) is 0 Å². The number of fused-ring (bicyclic) bond motifs is 3. The van der Waals surface area contributed by atoms with E-state index in [9.17, 15) is 0 Å². The van der Waals surface area contributed by atoms with Crippen molar-refractivity contribution in [1.82, 2.24) is 19.6 Å². The number of aromatic nitrogens is 4. The largest absolute Gasteiger partial charge is 0.270 e. The quantitative estimate of drug-likeness (QED) is 0.541. The van der Waals surface area contributed by atoms with Crippen molar-refractivity contribution >= 4 is 26.6 Å². The fraction of sp³-hybridized carbons (Fsp3) is 0.125. The molecular weight excluding hydrogens is 184 g/mol. The molecule has 13 heavy (non-hydrogen) atoms. The molecule has 0 spiro atoms. The van der Waals surface area contributed by atoms with Gasteiger partial charge in [0.25, 0.3) is 0 Å². The molecule has 0 saturated heterocycles. The van der Waals surface area contributed by atoms with Crippen molar-refractivity contribution in [2.24, 2.45) is 0 Å². The van der Waals surface area contributed by atoms with Gasteiger partial charge >= 0.3 is 0 Å². The first-order valence-electron chi connectivity index (χ1n) is 3.90. The summed E-state index contributed by atoms with van der Waals surface area (Å²) in [5.74, 6) is 0. The van der Waals surface area contributed by atoms with Crippen LogP contribution in [0.3, 0.4) is 0 Å². The standard InChI is InChI=1S/C8H6N4S/c1-5-2-3-6-7(10-5)13-8-11-9-4-12(6)8/h2-4H,1H3. The van der Waals surface area contributed by atoms with E-state index < -0.39 is 0 Å².